The summed E-state index contributed by atoms with van der Waals surface area (Å²) >= 11 is 0. The van der Waals surface area contributed by atoms with E-state index in [9.17, 15) is 0 Å². The number of rotatable bonds is 1. The summed E-state index contributed by atoms with van der Waals surface area (Å²) in [7, 11) is 0. The summed E-state index contributed by atoms with van der Waals surface area (Å²) in [6.07, 6.45) is 7.24. The van der Waals surface area contributed by atoms with Crippen molar-refractivity contribution in [2.75, 3.05) is 0 Å². The maximum Gasteiger partial charge on any atom is -0.00297 e. The van der Waals surface area contributed by atoms with Crippen LogP contribution in [0.3, 0.4) is 0 Å². The highest BCUT2D eigenvalue weighted by Crippen LogP contribution is 1.81. The van der Waals surface area contributed by atoms with Gasteiger partial charge in [-0.05, 0) is 12.8 Å². The highest BCUT2D eigenvalue weighted by molar-refractivity contribution is 4.73. The lowest BCUT2D eigenvalue weighted by molar-refractivity contribution is 0.737. The second-order valence-corrected chi connectivity index (χ2v) is 3.02. The van der Waals surface area contributed by atoms with Crippen molar-refractivity contribution in [3.8, 4) is 12.3 Å². The Morgan fingerprint density at radius 1 is 0.765 bits per heavy atom. The molecule has 110 valence electrons. The van der Waals surface area contributed by atoms with E-state index >= 15 is 0 Å². The van der Waals surface area contributed by atoms with Crippen molar-refractivity contribution in [2.45, 2.75) is 95.9 Å². The molecule has 0 aliphatic carbocycles. The molecular formula is C17H42. The maximum absolute atomic E-state index is 4.60. The minimum atomic E-state index is 0.833. The largest absolute Gasteiger partial charge is 0.120 e. The van der Waals surface area contributed by atoms with Gasteiger partial charge in [-0.3, -0.25) is 0 Å². The normalized spacial score (nSPS) is 5.41. The summed E-state index contributed by atoms with van der Waals surface area (Å²) in [5.41, 5.74) is 0. The van der Waals surface area contributed by atoms with Crippen molar-refractivity contribution in [1.82, 2.24) is 0 Å². The third kappa shape index (κ3) is 9120. The Kier molecular flexibility index (Phi) is 226. The van der Waals surface area contributed by atoms with Crippen LogP contribution in [-0.2, 0) is 0 Å². The number of unbranched alkanes of at least 4 members (excludes halogenated alkanes) is 1. The van der Waals surface area contributed by atoms with Gasteiger partial charge >= 0.3 is 0 Å². The second-order valence-electron chi connectivity index (χ2n) is 3.02. The lowest BCUT2D eigenvalue weighted by Crippen LogP contribution is -1.66. The van der Waals surface area contributed by atoms with Crippen LogP contribution >= 0.6 is 0 Å². The van der Waals surface area contributed by atoms with Crippen molar-refractivity contribution in [2.24, 2.45) is 5.92 Å². The van der Waals surface area contributed by atoms with Crippen molar-refractivity contribution >= 4 is 0 Å². The highest BCUT2D eigenvalue weighted by Gasteiger charge is 1.68. The molecule has 0 nitrogen and oxygen atoms in total. The Morgan fingerprint density at radius 3 is 0.824 bits per heavy atom. The quantitative estimate of drug-likeness (QED) is 0.430. The van der Waals surface area contributed by atoms with E-state index in [1.807, 2.05) is 41.5 Å². The Morgan fingerprint density at radius 2 is 0.824 bits per heavy atom. The summed E-state index contributed by atoms with van der Waals surface area (Å²) in [5.74, 6) is 3.08. The Bertz CT molecular complexity index is 59.8. The van der Waals surface area contributed by atoms with Crippen LogP contribution in [0.15, 0.2) is 0 Å². The molecule has 0 aromatic heterocycles. The van der Waals surface area contributed by atoms with Gasteiger partial charge in [0.05, 0.1) is 0 Å². The molecule has 0 heteroatoms. The average molecular weight is 247 g/mol. The fraction of sp³-hybridized carbons (Fsp3) is 0.882. The van der Waals surface area contributed by atoms with Crippen molar-refractivity contribution < 1.29 is 0 Å². The molecule has 0 saturated heterocycles. The Labute approximate surface area is 115 Å². The minimum Gasteiger partial charge on any atom is -0.120 e. The summed E-state index contributed by atoms with van der Waals surface area (Å²) in [6.45, 7) is 24.5. The summed E-state index contributed by atoms with van der Waals surface area (Å²) in [6, 6.07) is 0. The topological polar surface area (TPSA) is 0 Å². The number of terminal acetylenes is 1. The van der Waals surface area contributed by atoms with E-state index in [1.165, 1.54) is 12.8 Å². The van der Waals surface area contributed by atoms with Crippen LogP contribution in [0.4, 0.5) is 0 Å². The standard InChI is InChI=1S/2C4H10.C3H4.3C2H6/c1-4(2)3;1-3-4-2;1-3-2;3*1-2/h4H,1-3H3;3-4H2,1-2H3;1H,2H3;3*1-2H3. The van der Waals surface area contributed by atoms with E-state index in [0.29, 0.717) is 0 Å². The number of hydrogen-bond acceptors (Lipinski definition) is 0. The molecular weight excluding hydrogens is 204 g/mol. The molecule has 0 fully saturated rings. The first-order chi connectivity index (χ1) is 8.06. The van der Waals surface area contributed by atoms with Gasteiger partial charge in [0.25, 0.3) is 0 Å². The second kappa shape index (κ2) is 107. The van der Waals surface area contributed by atoms with Crippen molar-refractivity contribution in [3.63, 3.8) is 0 Å². The summed E-state index contributed by atoms with van der Waals surface area (Å²) in [5, 5.41) is 0. The van der Waals surface area contributed by atoms with Gasteiger partial charge in [-0.25, -0.2) is 0 Å². The zero-order chi connectivity index (χ0) is 15.7. The first kappa shape index (κ1) is 36.0. The molecule has 0 amide bonds. The first-order valence-electron chi connectivity index (χ1n) is 7.43. The van der Waals surface area contributed by atoms with Crippen LogP contribution in [0.1, 0.15) is 95.9 Å². The third-order valence-corrected chi connectivity index (χ3v) is 0.500. The van der Waals surface area contributed by atoms with Gasteiger partial charge in [0.1, 0.15) is 0 Å². The Balaban J connectivity index is -0.0000000221. The Hall–Kier alpha value is -0.440. The molecule has 0 heterocycles. The van der Waals surface area contributed by atoms with Crippen LogP contribution in [0.2, 0.25) is 0 Å². The van der Waals surface area contributed by atoms with E-state index in [2.05, 4.69) is 47.0 Å². The molecule has 0 bridgehead atoms. The van der Waals surface area contributed by atoms with Gasteiger partial charge in [0.2, 0.25) is 0 Å². The lowest BCUT2D eigenvalue weighted by atomic mass is 10.3. The van der Waals surface area contributed by atoms with E-state index in [1.54, 1.807) is 6.92 Å². The van der Waals surface area contributed by atoms with Gasteiger partial charge in [-0.15, -0.1) is 12.3 Å². The summed E-state index contributed by atoms with van der Waals surface area (Å²) < 4.78 is 0. The van der Waals surface area contributed by atoms with E-state index < -0.39 is 0 Å². The molecule has 0 unspecified atom stereocenters. The molecule has 0 rings (SSSR count). The predicted molar refractivity (Wildman–Crippen MR) is 89.6 cm³/mol. The van der Waals surface area contributed by atoms with Crippen molar-refractivity contribution in [1.29, 1.82) is 0 Å². The molecule has 0 aliphatic rings. The minimum absolute atomic E-state index is 0.833. The molecule has 0 aromatic carbocycles. The monoisotopic (exact) mass is 246 g/mol. The fourth-order valence-electron chi connectivity index (χ4n) is 0. The van der Waals surface area contributed by atoms with Crippen LogP contribution in [0.5, 0.6) is 0 Å². The molecule has 0 saturated carbocycles. The molecule has 0 spiro atoms. The SMILES string of the molecule is C#CC.CC.CC.CC.CC(C)C.CCCC. The van der Waals surface area contributed by atoms with Gasteiger partial charge in [0, 0.05) is 0 Å². The van der Waals surface area contributed by atoms with Crippen molar-refractivity contribution in [3.05, 3.63) is 0 Å². The molecule has 17 heavy (non-hydrogen) atoms. The average Bonchev–Trinajstić information content (AvgIpc) is 2.36. The smallest absolute Gasteiger partial charge is 0.00297 e. The van der Waals surface area contributed by atoms with E-state index in [4.69, 9.17) is 0 Å². The molecule has 0 aromatic rings. The van der Waals surface area contributed by atoms with Crippen LogP contribution in [0, 0.1) is 18.3 Å². The van der Waals surface area contributed by atoms with E-state index in [-0.39, 0.29) is 0 Å². The fourth-order valence-corrected chi connectivity index (χ4v) is 0. The first-order valence-corrected chi connectivity index (χ1v) is 7.43. The number of hydrogen-bond donors (Lipinski definition) is 0. The molecule has 0 atom stereocenters. The highest BCUT2D eigenvalue weighted by atomic mass is 13.7. The lowest BCUT2D eigenvalue weighted by Gasteiger charge is -1.79. The van der Waals surface area contributed by atoms with Gasteiger partial charge in [0.15, 0.2) is 0 Å². The van der Waals surface area contributed by atoms with Crippen LogP contribution in [0.25, 0.3) is 0 Å². The van der Waals surface area contributed by atoms with E-state index in [0.717, 1.165) is 5.92 Å². The van der Waals surface area contributed by atoms with Crippen LogP contribution < -0.4 is 0 Å². The third-order valence-electron chi connectivity index (χ3n) is 0.500. The maximum atomic E-state index is 4.60. The van der Waals surface area contributed by atoms with Gasteiger partial charge in [-0.2, -0.15) is 0 Å². The molecule has 0 N–H and O–H groups in total. The predicted octanol–water partition coefficient (Wildman–Crippen LogP) is 7.19. The zero-order valence-electron chi connectivity index (χ0n) is 15.1. The molecule has 0 radical (unpaired) electrons. The van der Waals surface area contributed by atoms with Crippen LogP contribution in [-0.4, -0.2) is 0 Å². The van der Waals surface area contributed by atoms with Gasteiger partial charge in [-0.1, -0.05) is 89.0 Å². The van der Waals surface area contributed by atoms with Gasteiger partial charge < -0.3 is 0 Å². The zero-order valence-corrected chi connectivity index (χ0v) is 15.1. The summed E-state index contributed by atoms with van der Waals surface area (Å²) in [4.78, 5) is 0. The molecule has 0 aliphatic heterocycles.